The molecule has 2 aliphatic carbocycles. The predicted octanol–water partition coefficient (Wildman–Crippen LogP) is 2.52. The van der Waals surface area contributed by atoms with Crippen LogP contribution in [0.15, 0.2) is 0 Å². The van der Waals surface area contributed by atoms with E-state index in [0.717, 1.165) is 32.5 Å². The summed E-state index contributed by atoms with van der Waals surface area (Å²) in [4.78, 5) is 13.3. The molecule has 4 heterocycles. The molecule has 5 nitrogen and oxygen atoms in total. The number of carbonyl (C=O) groups is 1. The zero-order valence-corrected chi connectivity index (χ0v) is 15.5. The average Bonchev–Trinajstić information content (AvgIpc) is 3.25. The van der Waals surface area contributed by atoms with E-state index in [1.165, 1.54) is 0 Å². The molecule has 0 radical (unpaired) electrons. The number of esters is 1. The first-order chi connectivity index (χ1) is 11.8. The third-order valence-corrected chi connectivity index (χ3v) is 8.79. The van der Waals surface area contributed by atoms with Gasteiger partial charge < -0.3 is 18.9 Å². The highest BCUT2D eigenvalue weighted by Gasteiger charge is 2.94. The lowest BCUT2D eigenvalue weighted by atomic mass is 9.53. The third-order valence-electron chi connectivity index (χ3n) is 8.79. The van der Waals surface area contributed by atoms with Gasteiger partial charge in [-0.2, -0.15) is 0 Å². The van der Waals surface area contributed by atoms with Crippen molar-refractivity contribution >= 4 is 5.97 Å². The molecule has 6 aliphatic rings. The molecule has 0 amide bonds. The maximum absolute atomic E-state index is 13.3. The van der Waals surface area contributed by atoms with E-state index in [0.29, 0.717) is 11.8 Å². The molecule has 0 aromatic rings. The zero-order chi connectivity index (χ0) is 17.4. The Labute approximate surface area is 148 Å². The monoisotopic (exact) mass is 348 g/mol. The van der Waals surface area contributed by atoms with Crippen LogP contribution in [0, 0.1) is 34.0 Å². The number of ether oxygens (including phenoxy) is 4. The molecular formula is C20H28O5. The summed E-state index contributed by atoms with van der Waals surface area (Å²) in [5.41, 5.74) is -1.10. The van der Waals surface area contributed by atoms with Crippen LogP contribution < -0.4 is 0 Å². The molecule has 0 bridgehead atoms. The van der Waals surface area contributed by atoms with Gasteiger partial charge in [0, 0.05) is 17.9 Å². The number of carbonyl (C=O) groups excluding carboxylic acids is 1. The minimum atomic E-state index is -0.844. The summed E-state index contributed by atoms with van der Waals surface area (Å²) in [5.74, 6) is 0.726. The number of rotatable bonds is 0. The van der Waals surface area contributed by atoms with Crippen LogP contribution in [-0.2, 0) is 23.7 Å². The Kier molecular flexibility index (Phi) is 2.53. The van der Waals surface area contributed by atoms with Crippen LogP contribution in [0.25, 0.3) is 0 Å². The molecule has 0 aromatic carbocycles. The van der Waals surface area contributed by atoms with E-state index in [1.807, 2.05) is 0 Å². The van der Waals surface area contributed by atoms with Crippen LogP contribution in [-0.4, -0.2) is 43.3 Å². The summed E-state index contributed by atoms with van der Waals surface area (Å²) in [5, 5.41) is 0. The van der Waals surface area contributed by atoms with Crippen molar-refractivity contribution in [3.05, 3.63) is 0 Å². The molecule has 4 aliphatic heterocycles. The normalized spacial score (nSPS) is 61.2. The van der Waals surface area contributed by atoms with Gasteiger partial charge in [0.15, 0.2) is 11.9 Å². The number of hydrogen-bond acceptors (Lipinski definition) is 5. The van der Waals surface area contributed by atoms with E-state index in [4.69, 9.17) is 18.9 Å². The molecule has 5 heteroatoms. The Bertz CT molecular complexity index is 669. The highest BCUT2D eigenvalue weighted by Crippen LogP contribution is 2.83. The van der Waals surface area contributed by atoms with Crippen molar-refractivity contribution in [1.29, 1.82) is 0 Å². The Balaban J connectivity index is 1.62. The summed E-state index contributed by atoms with van der Waals surface area (Å²) in [6, 6.07) is 0. The van der Waals surface area contributed by atoms with Gasteiger partial charge >= 0.3 is 5.97 Å². The first kappa shape index (κ1) is 15.4. The van der Waals surface area contributed by atoms with Gasteiger partial charge in [0.2, 0.25) is 0 Å². The van der Waals surface area contributed by atoms with Gasteiger partial charge in [0.1, 0.15) is 6.10 Å². The lowest BCUT2D eigenvalue weighted by Gasteiger charge is -2.46. The second-order valence-electron chi connectivity index (χ2n) is 10.4. The van der Waals surface area contributed by atoms with E-state index in [-0.39, 0.29) is 46.6 Å². The van der Waals surface area contributed by atoms with Crippen molar-refractivity contribution in [2.75, 3.05) is 13.2 Å². The molecule has 138 valence electrons. The molecule has 8 unspecified atom stereocenters. The van der Waals surface area contributed by atoms with E-state index in [2.05, 4.69) is 27.7 Å². The molecule has 2 spiro atoms. The summed E-state index contributed by atoms with van der Waals surface area (Å²) in [6.45, 7) is 10.6. The Morgan fingerprint density at radius 3 is 2.76 bits per heavy atom. The molecule has 4 saturated heterocycles. The van der Waals surface area contributed by atoms with Crippen LogP contribution in [0.3, 0.4) is 0 Å². The Hall–Kier alpha value is -0.650. The van der Waals surface area contributed by atoms with Crippen molar-refractivity contribution < 1.29 is 23.7 Å². The fourth-order valence-corrected chi connectivity index (χ4v) is 8.33. The van der Waals surface area contributed by atoms with Gasteiger partial charge in [-0.15, -0.1) is 0 Å². The fourth-order valence-electron chi connectivity index (χ4n) is 8.33. The van der Waals surface area contributed by atoms with Crippen molar-refractivity contribution in [2.45, 2.75) is 71.1 Å². The second-order valence-corrected chi connectivity index (χ2v) is 10.4. The van der Waals surface area contributed by atoms with E-state index in [9.17, 15) is 4.79 Å². The highest BCUT2D eigenvalue weighted by molar-refractivity contribution is 5.87. The van der Waals surface area contributed by atoms with Gasteiger partial charge in [0.05, 0.1) is 18.1 Å². The predicted molar refractivity (Wildman–Crippen MR) is 87.5 cm³/mol. The van der Waals surface area contributed by atoms with Gasteiger partial charge in [-0.05, 0) is 36.5 Å². The van der Waals surface area contributed by atoms with Crippen molar-refractivity contribution in [2.24, 2.45) is 34.0 Å². The topological polar surface area (TPSA) is 54.0 Å². The van der Waals surface area contributed by atoms with Crippen molar-refractivity contribution in [3.63, 3.8) is 0 Å². The van der Waals surface area contributed by atoms with Gasteiger partial charge in [-0.25, -0.2) is 4.79 Å². The average molecular weight is 348 g/mol. The summed E-state index contributed by atoms with van der Waals surface area (Å²) < 4.78 is 25.1. The van der Waals surface area contributed by atoms with E-state index < -0.39 is 5.60 Å². The Morgan fingerprint density at radius 1 is 1.20 bits per heavy atom. The first-order valence-corrected chi connectivity index (χ1v) is 9.91. The summed E-state index contributed by atoms with van der Waals surface area (Å²) in [7, 11) is 0. The van der Waals surface area contributed by atoms with Gasteiger partial charge in [0.25, 0.3) is 0 Å². The lowest BCUT2D eigenvalue weighted by molar-refractivity contribution is -0.204. The molecule has 6 rings (SSSR count). The van der Waals surface area contributed by atoms with Gasteiger partial charge in [-0.3, -0.25) is 0 Å². The van der Waals surface area contributed by atoms with Crippen LogP contribution in [0.2, 0.25) is 0 Å². The number of hydrogen-bond donors (Lipinski definition) is 0. The SMILES string of the molecule is CC1COC2CC34C5C[C@@H](C(C)(C)C)C36CCOC6OC4(C(=O)O5)C12. The quantitative estimate of drug-likeness (QED) is 0.630. The van der Waals surface area contributed by atoms with Crippen LogP contribution >= 0.6 is 0 Å². The minimum Gasteiger partial charge on any atom is -0.459 e. The molecule has 9 atom stereocenters. The van der Waals surface area contributed by atoms with E-state index in [1.54, 1.807) is 0 Å². The largest absolute Gasteiger partial charge is 0.459 e. The lowest BCUT2D eigenvalue weighted by Crippen LogP contribution is -2.55. The maximum atomic E-state index is 13.3. The third kappa shape index (κ3) is 1.28. The zero-order valence-electron chi connectivity index (χ0n) is 15.5. The molecule has 0 aromatic heterocycles. The van der Waals surface area contributed by atoms with Crippen LogP contribution in [0.5, 0.6) is 0 Å². The summed E-state index contributed by atoms with van der Waals surface area (Å²) >= 11 is 0. The van der Waals surface area contributed by atoms with Crippen LogP contribution in [0.4, 0.5) is 0 Å². The highest BCUT2D eigenvalue weighted by atomic mass is 16.7. The van der Waals surface area contributed by atoms with Crippen LogP contribution in [0.1, 0.15) is 47.0 Å². The molecule has 2 saturated carbocycles. The molecule has 6 fully saturated rings. The van der Waals surface area contributed by atoms with Crippen molar-refractivity contribution in [1.82, 2.24) is 0 Å². The Morgan fingerprint density at radius 2 is 2.00 bits per heavy atom. The molecule has 0 N–H and O–H groups in total. The summed E-state index contributed by atoms with van der Waals surface area (Å²) in [6.07, 6.45) is 2.63. The maximum Gasteiger partial charge on any atom is 0.340 e. The minimum absolute atomic E-state index is 0.0441. The smallest absolute Gasteiger partial charge is 0.340 e. The standard InChI is InChI=1S/C20H28O5/c1-10-9-23-11-8-19-13-7-12(17(2,3)4)18(19)5-6-22-16(18)25-20(19,14(10)11)15(21)24-13/h10-14,16H,5-9H2,1-4H3/t10?,11?,12-,13?,14?,16?,18?,19?,20?/m0/s1. The molecule has 25 heavy (non-hydrogen) atoms. The second kappa shape index (κ2) is 4.10. The first-order valence-electron chi connectivity index (χ1n) is 9.91. The fraction of sp³-hybridized carbons (Fsp3) is 0.950. The molecular weight excluding hydrogens is 320 g/mol. The van der Waals surface area contributed by atoms with Gasteiger partial charge in [-0.1, -0.05) is 27.7 Å². The van der Waals surface area contributed by atoms with E-state index >= 15 is 0 Å². The van der Waals surface area contributed by atoms with Crippen molar-refractivity contribution in [3.8, 4) is 0 Å². The number of fused-ring (bicyclic) bond motifs is 1.